The molecule has 4 rings (SSSR count). The van der Waals surface area contributed by atoms with Crippen molar-refractivity contribution in [2.75, 3.05) is 23.9 Å². The molecule has 164 valence electrons. The van der Waals surface area contributed by atoms with Crippen LogP contribution in [0.2, 0.25) is 0 Å². The Labute approximate surface area is 187 Å². The maximum atomic E-state index is 12.6. The number of carbonyl (C=O) groups is 1. The number of thiophene rings is 1. The van der Waals surface area contributed by atoms with E-state index in [0.717, 1.165) is 28.9 Å². The highest BCUT2D eigenvalue weighted by Crippen LogP contribution is 2.34. The van der Waals surface area contributed by atoms with Gasteiger partial charge in [0.15, 0.2) is 0 Å². The standard InChI is InChI=1S/C22H19F2N5O2S/c1-28(2)19-9-14(16-7-8-32-12-16)4-6-18(19)29(13-30)11-17-5-3-15(10-25-17)21-26-27-22(31-21)20(23)24/h3-10,12-13,20H,11H2,1-2H3. The molecule has 10 heteroatoms. The molecule has 1 aromatic carbocycles. The van der Waals surface area contributed by atoms with Gasteiger partial charge in [0.1, 0.15) is 0 Å². The summed E-state index contributed by atoms with van der Waals surface area (Å²) in [6.07, 6.45) is -0.621. The molecular formula is C22H19F2N5O2S. The first-order valence-electron chi connectivity index (χ1n) is 9.59. The van der Waals surface area contributed by atoms with Crippen LogP contribution in [0, 0.1) is 0 Å². The molecule has 0 unspecified atom stereocenters. The van der Waals surface area contributed by atoms with Crippen molar-refractivity contribution in [3.8, 4) is 22.6 Å². The van der Waals surface area contributed by atoms with Gasteiger partial charge in [-0.05, 0) is 52.2 Å². The average Bonchev–Trinajstić information content (AvgIpc) is 3.50. The smallest absolute Gasteiger partial charge is 0.314 e. The third-order valence-electron chi connectivity index (χ3n) is 4.78. The topological polar surface area (TPSA) is 75.4 Å². The first kappa shape index (κ1) is 21.6. The number of anilines is 2. The van der Waals surface area contributed by atoms with Crippen molar-refractivity contribution < 1.29 is 18.0 Å². The SMILES string of the molecule is CN(C)c1cc(-c2ccsc2)ccc1N(C=O)Cc1ccc(-c2nnc(C(F)F)o2)cn1. The molecule has 0 saturated carbocycles. The van der Waals surface area contributed by atoms with Crippen LogP contribution < -0.4 is 9.80 Å². The lowest BCUT2D eigenvalue weighted by atomic mass is 10.1. The summed E-state index contributed by atoms with van der Waals surface area (Å²) in [6.45, 7) is 0.231. The number of halogens is 2. The van der Waals surface area contributed by atoms with Crippen LogP contribution in [-0.2, 0) is 11.3 Å². The molecule has 0 atom stereocenters. The zero-order valence-corrected chi connectivity index (χ0v) is 18.1. The molecule has 0 spiro atoms. The molecule has 7 nitrogen and oxygen atoms in total. The second kappa shape index (κ2) is 9.23. The van der Waals surface area contributed by atoms with Gasteiger partial charge in [0.2, 0.25) is 12.3 Å². The first-order valence-corrected chi connectivity index (χ1v) is 10.5. The lowest BCUT2D eigenvalue weighted by molar-refractivity contribution is -0.107. The number of amides is 1. The summed E-state index contributed by atoms with van der Waals surface area (Å²) >= 11 is 1.63. The second-order valence-electron chi connectivity index (χ2n) is 7.13. The fraction of sp³-hybridized carbons (Fsp3) is 0.182. The number of nitrogens with zero attached hydrogens (tertiary/aromatic N) is 5. The zero-order chi connectivity index (χ0) is 22.7. The van der Waals surface area contributed by atoms with Gasteiger partial charge in [-0.15, -0.1) is 10.2 Å². The van der Waals surface area contributed by atoms with E-state index in [1.807, 2.05) is 42.6 Å². The molecule has 0 aliphatic carbocycles. The quantitative estimate of drug-likeness (QED) is 0.347. The molecule has 0 saturated heterocycles. The van der Waals surface area contributed by atoms with E-state index in [4.69, 9.17) is 4.42 Å². The van der Waals surface area contributed by atoms with Gasteiger partial charge in [-0.2, -0.15) is 20.1 Å². The molecule has 0 bridgehead atoms. The van der Waals surface area contributed by atoms with Crippen molar-refractivity contribution in [2.45, 2.75) is 13.0 Å². The Morgan fingerprint density at radius 2 is 1.88 bits per heavy atom. The molecule has 0 aliphatic rings. The number of benzene rings is 1. The molecule has 0 fully saturated rings. The van der Waals surface area contributed by atoms with Crippen LogP contribution >= 0.6 is 11.3 Å². The third-order valence-corrected chi connectivity index (χ3v) is 5.46. The van der Waals surface area contributed by atoms with Crippen molar-refractivity contribution in [3.63, 3.8) is 0 Å². The molecular weight excluding hydrogens is 436 g/mol. The zero-order valence-electron chi connectivity index (χ0n) is 17.3. The minimum absolute atomic E-state index is 0.0366. The van der Waals surface area contributed by atoms with Crippen molar-refractivity contribution in [3.05, 3.63) is 64.9 Å². The van der Waals surface area contributed by atoms with E-state index in [-0.39, 0.29) is 12.4 Å². The highest BCUT2D eigenvalue weighted by atomic mass is 32.1. The Bertz CT molecular complexity index is 1190. The first-order chi connectivity index (χ1) is 15.5. The van der Waals surface area contributed by atoms with E-state index in [1.54, 1.807) is 28.4 Å². The fourth-order valence-electron chi connectivity index (χ4n) is 3.17. The van der Waals surface area contributed by atoms with Gasteiger partial charge in [0.25, 0.3) is 5.89 Å². The van der Waals surface area contributed by atoms with E-state index in [2.05, 4.69) is 26.6 Å². The van der Waals surface area contributed by atoms with Crippen molar-refractivity contribution in [1.82, 2.24) is 15.2 Å². The van der Waals surface area contributed by atoms with Gasteiger partial charge in [-0.25, -0.2) is 0 Å². The summed E-state index contributed by atoms with van der Waals surface area (Å²) in [7, 11) is 3.84. The summed E-state index contributed by atoms with van der Waals surface area (Å²) in [4.78, 5) is 19.8. The Kier molecular flexibility index (Phi) is 6.22. The lowest BCUT2D eigenvalue weighted by Gasteiger charge is -2.25. The minimum atomic E-state index is -2.83. The number of rotatable bonds is 8. The van der Waals surface area contributed by atoms with E-state index < -0.39 is 12.3 Å². The second-order valence-corrected chi connectivity index (χ2v) is 7.91. The van der Waals surface area contributed by atoms with Crippen LogP contribution in [-0.4, -0.2) is 35.7 Å². The number of hydrogen-bond donors (Lipinski definition) is 0. The van der Waals surface area contributed by atoms with E-state index in [9.17, 15) is 13.6 Å². The number of alkyl halides is 2. The lowest BCUT2D eigenvalue weighted by Crippen LogP contribution is -2.24. The predicted molar refractivity (Wildman–Crippen MR) is 119 cm³/mol. The van der Waals surface area contributed by atoms with Crippen LogP contribution in [0.5, 0.6) is 0 Å². The molecule has 32 heavy (non-hydrogen) atoms. The van der Waals surface area contributed by atoms with Gasteiger partial charge in [0.05, 0.1) is 29.2 Å². The Morgan fingerprint density at radius 3 is 2.47 bits per heavy atom. The van der Waals surface area contributed by atoms with Gasteiger partial charge in [-0.1, -0.05) is 6.07 Å². The van der Waals surface area contributed by atoms with Crippen LogP contribution in [0.15, 0.2) is 57.8 Å². The van der Waals surface area contributed by atoms with Crippen molar-refractivity contribution >= 4 is 29.1 Å². The molecule has 4 aromatic rings. The Morgan fingerprint density at radius 1 is 1.06 bits per heavy atom. The summed E-state index contributed by atoms with van der Waals surface area (Å²) in [6, 6.07) is 11.3. The van der Waals surface area contributed by atoms with Gasteiger partial charge in [0, 0.05) is 20.3 Å². The van der Waals surface area contributed by atoms with Crippen LogP contribution in [0.1, 0.15) is 18.0 Å². The summed E-state index contributed by atoms with van der Waals surface area (Å²) in [5.74, 6) is -0.774. The van der Waals surface area contributed by atoms with E-state index in [1.165, 1.54) is 6.20 Å². The van der Waals surface area contributed by atoms with Crippen molar-refractivity contribution in [2.24, 2.45) is 0 Å². The van der Waals surface area contributed by atoms with Gasteiger partial charge >= 0.3 is 6.43 Å². The third kappa shape index (κ3) is 4.50. The van der Waals surface area contributed by atoms with E-state index >= 15 is 0 Å². The van der Waals surface area contributed by atoms with Crippen molar-refractivity contribution in [1.29, 1.82) is 0 Å². The minimum Gasteiger partial charge on any atom is -0.415 e. The largest absolute Gasteiger partial charge is 0.415 e. The molecule has 0 N–H and O–H groups in total. The Hall–Kier alpha value is -3.66. The van der Waals surface area contributed by atoms with Crippen LogP contribution in [0.25, 0.3) is 22.6 Å². The number of aromatic nitrogens is 3. The van der Waals surface area contributed by atoms with Crippen LogP contribution in [0.3, 0.4) is 0 Å². The highest BCUT2D eigenvalue weighted by molar-refractivity contribution is 7.08. The molecule has 3 aromatic heterocycles. The summed E-state index contributed by atoms with van der Waals surface area (Å²) in [5.41, 5.74) is 4.85. The molecule has 0 aliphatic heterocycles. The fourth-order valence-corrected chi connectivity index (χ4v) is 3.84. The predicted octanol–water partition coefficient (Wildman–Crippen LogP) is 5.03. The number of carbonyl (C=O) groups excluding carboxylic acids is 1. The molecule has 1 amide bonds. The average molecular weight is 455 g/mol. The summed E-state index contributed by atoms with van der Waals surface area (Å²) < 4.78 is 30.2. The monoisotopic (exact) mass is 455 g/mol. The highest BCUT2D eigenvalue weighted by Gasteiger charge is 2.18. The Balaban J connectivity index is 1.57. The summed E-state index contributed by atoms with van der Waals surface area (Å²) in [5, 5.41) is 11.0. The maximum absolute atomic E-state index is 12.6. The number of hydrogen-bond acceptors (Lipinski definition) is 7. The number of pyridine rings is 1. The van der Waals surface area contributed by atoms with Gasteiger partial charge < -0.3 is 14.2 Å². The molecule has 3 heterocycles. The molecule has 0 radical (unpaired) electrons. The van der Waals surface area contributed by atoms with Gasteiger partial charge in [-0.3, -0.25) is 9.78 Å². The van der Waals surface area contributed by atoms with Crippen LogP contribution in [0.4, 0.5) is 20.2 Å². The maximum Gasteiger partial charge on any atom is 0.314 e. The normalized spacial score (nSPS) is 11.0. The van der Waals surface area contributed by atoms with E-state index in [0.29, 0.717) is 11.3 Å².